The summed E-state index contributed by atoms with van der Waals surface area (Å²) in [6.45, 7) is 6.94. The van der Waals surface area contributed by atoms with Crippen LogP contribution in [-0.2, 0) is 4.79 Å². The van der Waals surface area contributed by atoms with Crippen LogP contribution in [0.2, 0.25) is 0 Å². The van der Waals surface area contributed by atoms with Gasteiger partial charge in [0.2, 0.25) is 5.91 Å². The second kappa shape index (κ2) is 8.37. The molecule has 0 bridgehead atoms. The van der Waals surface area contributed by atoms with Gasteiger partial charge in [0.05, 0.1) is 17.9 Å². The van der Waals surface area contributed by atoms with Gasteiger partial charge in [-0.3, -0.25) is 14.5 Å². The Hall–Kier alpha value is -2.67. The number of amides is 2. The van der Waals surface area contributed by atoms with Crippen LogP contribution in [0.4, 0.5) is 0 Å². The lowest BCUT2D eigenvalue weighted by Gasteiger charge is -2.34. The number of aromatic nitrogens is 2. The highest BCUT2D eigenvalue weighted by Gasteiger charge is 2.31. The number of piperazine rings is 1. The van der Waals surface area contributed by atoms with Gasteiger partial charge in [-0.15, -0.1) is 0 Å². The summed E-state index contributed by atoms with van der Waals surface area (Å²) in [4.78, 5) is 29.3. The molecule has 1 aromatic heterocycles. The van der Waals surface area contributed by atoms with E-state index in [1.807, 2.05) is 55.1 Å². The zero-order valence-electron chi connectivity index (χ0n) is 17.2. The van der Waals surface area contributed by atoms with E-state index in [0.717, 1.165) is 24.2 Å². The predicted octanol–water partition coefficient (Wildman–Crippen LogP) is 2.03. The fourth-order valence-electron chi connectivity index (χ4n) is 3.74. The smallest absolute Gasteiger partial charge is 0.272 e. The standard InChI is InChI=1S/C22H29N5O2/c1-16(2)23-21(28)15-25-10-12-26(13-11-25)22(29)20-14-19(17-8-9-17)24-27(20)18-6-4-3-5-7-18/h3-7,14,16-17H,8-13,15H2,1-2H3,(H,23,28). The topological polar surface area (TPSA) is 70.5 Å². The van der Waals surface area contributed by atoms with Crippen molar-refractivity contribution in [3.05, 3.63) is 47.8 Å². The first kappa shape index (κ1) is 19.6. The second-order valence-corrected chi connectivity index (χ2v) is 8.27. The number of carbonyl (C=O) groups is 2. The number of hydrogen-bond donors (Lipinski definition) is 1. The third kappa shape index (κ3) is 4.67. The van der Waals surface area contributed by atoms with Crippen molar-refractivity contribution in [1.82, 2.24) is 24.9 Å². The maximum absolute atomic E-state index is 13.3. The minimum absolute atomic E-state index is 0.0135. The van der Waals surface area contributed by atoms with E-state index in [9.17, 15) is 9.59 Å². The number of nitrogens with one attached hydrogen (secondary N) is 1. The fraction of sp³-hybridized carbons (Fsp3) is 0.500. The Morgan fingerprint density at radius 1 is 1.10 bits per heavy atom. The second-order valence-electron chi connectivity index (χ2n) is 8.27. The van der Waals surface area contributed by atoms with Crippen molar-refractivity contribution in [1.29, 1.82) is 0 Å². The molecule has 154 valence electrons. The zero-order valence-corrected chi connectivity index (χ0v) is 17.2. The van der Waals surface area contributed by atoms with Crippen molar-refractivity contribution in [2.45, 2.75) is 38.6 Å². The summed E-state index contributed by atoms with van der Waals surface area (Å²) < 4.78 is 1.79. The first-order valence-corrected chi connectivity index (χ1v) is 10.5. The summed E-state index contributed by atoms with van der Waals surface area (Å²) in [5.41, 5.74) is 2.55. The summed E-state index contributed by atoms with van der Waals surface area (Å²) in [5, 5.41) is 7.67. The molecule has 7 nitrogen and oxygen atoms in total. The molecule has 4 rings (SSSR count). The zero-order chi connectivity index (χ0) is 20.4. The molecule has 2 amide bonds. The van der Waals surface area contributed by atoms with Crippen LogP contribution in [0, 0.1) is 0 Å². The Balaban J connectivity index is 1.44. The summed E-state index contributed by atoms with van der Waals surface area (Å²) in [7, 11) is 0. The molecule has 0 spiro atoms. The average Bonchev–Trinajstić information content (AvgIpc) is 3.46. The van der Waals surface area contributed by atoms with E-state index in [-0.39, 0.29) is 17.9 Å². The van der Waals surface area contributed by atoms with Gasteiger partial charge < -0.3 is 10.2 Å². The number of rotatable bonds is 6. The van der Waals surface area contributed by atoms with E-state index in [0.29, 0.717) is 44.3 Å². The summed E-state index contributed by atoms with van der Waals surface area (Å²) in [5.74, 6) is 0.540. The van der Waals surface area contributed by atoms with Gasteiger partial charge in [0.1, 0.15) is 5.69 Å². The lowest BCUT2D eigenvalue weighted by Crippen LogP contribution is -2.51. The first-order valence-electron chi connectivity index (χ1n) is 10.5. The van der Waals surface area contributed by atoms with E-state index in [2.05, 4.69) is 10.2 Å². The van der Waals surface area contributed by atoms with Crippen molar-refractivity contribution in [3.8, 4) is 5.69 Å². The Bertz CT molecular complexity index is 865. The van der Waals surface area contributed by atoms with Crippen LogP contribution >= 0.6 is 0 Å². The first-order chi connectivity index (χ1) is 14.0. The molecule has 2 fully saturated rings. The molecular formula is C22H29N5O2. The van der Waals surface area contributed by atoms with E-state index in [4.69, 9.17) is 5.10 Å². The highest BCUT2D eigenvalue weighted by atomic mass is 16.2. The third-order valence-electron chi connectivity index (χ3n) is 5.42. The van der Waals surface area contributed by atoms with Crippen LogP contribution in [0.3, 0.4) is 0 Å². The molecule has 7 heteroatoms. The molecule has 1 saturated heterocycles. The quantitative estimate of drug-likeness (QED) is 0.813. The molecule has 1 aliphatic carbocycles. The van der Waals surface area contributed by atoms with E-state index in [1.165, 1.54) is 0 Å². The van der Waals surface area contributed by atoms with E-state index >= 15 is 0 Å². The van der Waals surface area contributed by atoms with Gasteiger partial charge in [-0.05, 0) is 44.9 Å². The van der Waals surface area contributed by atoms with Crippen LogP contribution in [0.25, 0.3) is 5.69 Å². The van der Waals surface area contributed by atoms with Gasteiger partial charge in [-0.1, -0.05) is 18.2 Å². The van der Waals surface area contributed by atoms with Crippen molar-refractivity contribution in [2.75, 3.05) is 32.7 Å². The summed E-state index contributed by atoms with van der Waals surface area (Å²) in [6.07, 6.45) is 2.30. The average molecular weight is 396 g/mol. The Morgan fingerprint density at radius 2 is 1.79 bits per heavy atom. The highest BCUT2D eigenvalue weighted by Crippen LogP contribution is 2.39. The largest absolute Gasteiger partial charge is 0.353 e. The molecule has 2 heterocycles. The molecule has 1 aliphatic heterocycles. The van der Waals surface area contributed by atoms with Gasteiger partial charge in [0.15, 0.2) is 0 Å². The predicted molar refractivity (Wildman–Crippen MR) is 111 cm³/mol. The van der Waals surface area contributed by atoms with Gasteiger partial charge in [-0.25, -0.2) is 4.68 Å². The van der Waals surface area contributed by atoms with Crippen LogP contribution in [-0.4, -0.2) is 70.2 Å². The number of nitrogens with zero attached hydrogens (tertiary/aromatic N) is 4. The number of hydrogen-bond acceptors (Lipinski definition) is 4. The molecule has 2 aromatic rings. The summed E-state index contributed by atoms with van der Waals surface area (Å²) >= 11 is 0. The normalized spacial score (nSPS) is 17.6. The lowest BCUT2D eigenvalue weighted by atomic mass is 10.2. The molecule has 1 N–H and O–H groups in total. The number of benzene rings is 1. The van der Waals surface area contributed by atoms with Crippen molar-refractivity contribution in [3.63, 3.8) is 0 Å². The Morgan fingerprint density at radius 3 is 2.41 bits per heavy atom. The fourth-order valence-corrected chi connectivity index (χ4v) is 3.74. The van der Waals surface area contributed by atoms with Crippen molar-refractivity contribution >= 4 is 11.8 Å². The summed E-state index contributed by atoms with van der Waals surface area (Å²) in [6, 6.07) is 12.0. The lowest BCUT2D eigenvalue weighted by molar-refractivity contribution is -0.123. The minimum atomic E-state index is 0.0135. The van der Waals surface area contributed by atoms with Crippen molar-refractivity contribution in [2.24, 2.45) is 0 Å². The van der Waals surface area contributed by atoms with E-state index in [1.54, 1.807) is 4.68 Å². The molecule has 2 aliphatic rings. The highest BCUT2D eigenvalue weighted by molar-refractivity contribution is 5.93. The molecule has 1 aromatic carbocycles. The monoisotopic (exact) mass is 395 g/mol. The maximum Gasteiger partial charge on any atom is 0.272 e. The molecule has 0 atom stereocenters. The van der Waals surface area contributed by atoms with Gasteiger partial charge >= 0.3 is 0 Å². The molecule has 1 saturated carbocycles. The Labute approximate surface area is 171 Å². The SMILES string of the molecule is CC(C)NC(=O)CN1CCN(C(=O)c2cc(C3CC3)nn2-c2ccccc2)CC1. The number of carbonyl (C=O) groups excluding carboxylic acids is 2. The van der Waals surface area contributed by atoms with Crippen LogP contribution < -0.4 is 5.32 Å². The molecule has 29 heavy (non-hydrogen) atoms. The van der Waals surface area contributed by atoms with Gasteiger partial charge in [-0.2, -0.15) is 5.10 Å². The molecule has 0 radical (unpaired) electrons. The minimum Gasteiger partial charge on any atom is -0.353 e. The van der Waals surface area contributed by atoms with Crippen LogP contribution in [0.1, 0.15) is 48.8 Å². The van der Waals surface area contributed by atoms with Crippen LogP contribution in [0.15, 0.2) is 36.4 Å². The van der Waals surface area contributed by atoms with Crippen molar-refractivity contribution < 1.29 is 9.59 Å². The van der Waals surface area contributed by atoms with Gasteiger partial charge in [0, 0.05) is 38.1 Å². The maximum atomic E-state index is 13.3. The Kier molecular flexibility index (Phi) is 5.67. The van der Waals surface area contributed by atoms with Gasteiger partial charge in [0.25, 0.3) is 5.91 Å². The number of para-hydroxylation sites is 1. The molecular weight excluding hydrogens is 366 g/mol. The third-order valence-corrected chi connectivity index (χ3v) is 5.42. The van der Waals surface area contributed by atoms with E-state index < -0.39 is 0 Å². The molecule has 0 unspecified atom stereocenters. The van der Waals surface area contributed by atoms with Crippen LogP contribution in [0.5, 0.6) is 0 Å².